The van der Waals surface area contributed by atoms with Crippen LogP contribution in [0.15, 0.2) is 29.7 Å². The molecule has 26 heavy (non-hydrogen) atoms. The number of ether oxygens (including phenoxy) is 1. The Morgan fingerprint density at radius 1 is 1.31 bits per heavy atom. The van der Waals surface area contributed by atoms with E-state index in [2.05, 4.69) is 4.74 Å². The second-order valence-electron chi connectivity index (χ2n) is 5.52. The van der Waals surface area contributed by atoms with E-state index < -0.39 is 51.7 Å². The van der Waals surface area contributed by atoms with Gasteiger partial charge in [0.2, 0.25) is 0 Å². The van der Waals surface area contributed by atoms with Crippen LogP contribution < -0.4 is 5.32 Å². The second-order valence-corrected chi connectivity index (χ2v) is 7.89. The van der Waals surface area contributed by atoms with E-state index in [0.29, 0.717) is 6.07 Å². The largest absolute Gasteiger partial charge is 0.456 e. The normalized spacial score (nSPS) is 18.5. The Morgan fingerprint density at radius 3 is 2.58 bits per heavy atom. The SMILES string of the molecule is O=C(COC(=O)CC1C=CS(=O)(=O)C1)Nc1ccc(Cl)cc1C(F)(F)F. The predicted molar refractivity (Wildman–Crippen MR) is 87.1 cm³/mol. The molecule has 0 radical (unpaired) electrons. The molecule has 1 N–H and O–H groups in total. The summed E-state index contributed by atoms with van der Waals surface area (Å²) in [7, 11) is -3.32. The molecule has 0 saturated heterocycles. The van der Waals surface area contributed by atoms with Crippen molar-refractivity contribution in [2.75, 3.05) is 17.7 Å². The molecule has 0 fully saturated rings. The maximum absolute atomic E-state index is 12.9. The van der Waals surface area contributed by atoms with Crippen molar-refractivity contribution in [2.24, 2.45) is 5.92 Å². The average molecular weight is 412 g/mol. The van der Waals surface area contributed by atoms with Crippen molar-refractivity contribution in [1.82, 2.24) is 0 Å². The second kappa shape index (κ2) is 7.67. The van der Waals surface area contributed by atoms with Crippen LogP contribution in [0.5, 0.6) is 0 Å². The Kier molecular flexibility index (Phi) is 5.97. The number of anilines is 1. The zero-order chi connectivity index (χ0) is 19.5. The molecule has 0 aliphatic carbocycles. The van der Waals surface area contributed by atoms with Crippen LogP contribution in [0.2, 0.25) is 5.02 Å². The van der Waals surface area contributed by atoms with Crippen molar-refractivity contribution in [2.45, 2.75) is 12.6 Å². The first-order valence-electron chi connectivity index (χ1n) is 7.19. The molecule has 1 aliphatic rings. The van der Waals surface area contributed by atoms with E-state index in [4.69, 9.17) is 11.6 Å². The number of halogens is 4. The standard InChI is InChI=1S/C15H13ClF3NO5S/c16-10-1-2-12(11(6-10)15(17,18)19)20-13(21)7-25-14(22)5-9-3-4-26(23,24)8-9/h1-4,6,9H,5,7-8H2,(H,20,21). The molecule has 0 spiro atoms. The van der Waals surface area contributed by atoms with Crippen LogP contribution >= 0.6 is 11.6 Å². The number of benzene rings is 1. The molecule has 1 aromatic rings. The number of nitrogens with one attached hydrogen (secondary N) is 1. The number of sulfone groups is 1. The Hall–Kier alpha value is -2.07. The van der Waals surface area contributed by atoms with Gasteiger partial charge < -0.3 is 10.1 Å². The molecular weight excluding hydrogens is 399 g/mol. The topological polar surface area (TPSA) is 89.5 Å². The number of esters is 1. The number of amides is 1. The molecule has 6 nitrogen and oxygen atoms in total. The maximum atomic E-state index is 12.9. The highest BCUT2D eigenvalue weighted by Gasteiger charge is 2.34. The van der Waals surface area contributed by atoms with Gasteiger partial charge in [-0.15, -0.1) is 0 Å². The molecule has 0 saturated carbocycles. The molecule has 142 valence electrons. The lowest BCUT2D eigenvalue weighted by Crippen LogP contribution is -2.23. The highest BCUT2D eigenvalue weighted by molar-refractivity contribution is 7.94. The van der Waals surface area contributed by atoms with Crippen molar-refractivity contribution >= 4 is 39.0 Å². The summed E-state index contributed by atoms with van der Waals surface area (Å²) in [5, 5.41) is 2.85. The molecule has 0 bridgehead atoms. The summed E-state index contributed by atoms with van der Waals surface area (Å²) >= 11 is 5.53. The van der Waals surface area contributed by atoms with E-state index in [1.807, 2.05) is 5.32 Å². The fraction of sp³-hybridized carbons (Fsp3) is 0.333. The van der Waals surface area contributed by atoms with Crippen LogP contribution in [0.3, 0.4) is 0 Å². The highest BCUT2D eigenvalue weighted by Crippen LogP contribution is 2.36. The van der Waals surface area contributed by atoms with Crippen molar-refractivity contribution < 1.29 is 35.9 Å². The number of hydrogen-bond donors (Lipinski definition) is 1. The third-order valence-electron chi connectivity index (χ3n) is 3.36. The van der Waals surface area contributed by atoms with Crippen molar-refractivity contribution in [1.29, 1.82) is 0 Å². The summed E-state index contributed by atoms with van der Waals surface area (Å²) in [4.78, 5) is 23.3. The van der Waals surface area contributed by atoms with E-state index >= 15 is 0 Å². The summed E-state index contributed by atoms with van der Waals surface area (Å²) in [6.45, 7) is -0.804. The van der Waals surface area contributed by atoms with Gasteiger partial charge in [0.25, 0.3) is 5.91 Å². The van der Waals surface area contributed by atoms with Gasteiger partial charge in [0.05, 0.1) is 23.4 Å². The van der Waals surface area contributed by atoms with Crippen LogP contribution in [-0.2, 0) is 30.3 Å². The average Bonchev–Trinajstić information content (AvgIpc) is 2.85. The smallest absolute Gasteiger partial charge is 0.418 e. The van der Waals surface area contributed by atoms with Crippen LogP contribution in [0, 0.1) is 5.92 Å². The van der Waals surface area contributed by atoms with E-state index in [1.165, 1.54) is 12.1 Å². The van der Waals surface area contributed by atoms with Crippen LogP contribution in [0.25, 0.3) is 0 Å². The van der Waals surface area contributed by atoms with Gasteiger partial charge in [-0.1, -0.05) is 17.7 Å². The van der Waals surface area contributed by atoms with E-state index in [1.54, 1.807) is 0 Å². The lowest BCUT2D eigenvalue weighted by molar-refractivity contribution is -0.148. The maximum Gasteiger partial charge on any atom is 0.418 e. The van der Waals surface area contributed by atoms with Gasteiger partial charge in [-0.3, -0.25) is 9.59 Å². The predicted octanol–water partition coefficient (Wildman–Crippen LogP) is 2.79. The zero-order valence-corrected chi connectivity index (χ0v) is 14.6. The zero-order valence-electron chi connectivity index (χ0n) is 13.0. The summed E-state index contributed by atoms with van der Waals surface area (Å²) in [6, 6.07) is 2.82. The fourth-order valence-corrected chi connectivity index (χ4v) is 3.80. The van der Waals surface area contributed by atoms with Crippen LogP contribution in [-0.4, -0.2) is 32.7 Å². The molecule has 1 amide bonds. The first kappa shape index (κ1) is 20.2. The van der Waals surface area contributed by atoms with Gasteiger partial charge in [0, 0.05) is 16.3 Å². The minimum atomic E-state index is -4.73. The first-order chi connectivity index (χ1) is 12.0. The van der Waals surface area contributed by atoms with Crippen molar-refractivity contribution in [3.63, 3.8) is 0 Å². The Balaban J connectivity index is 1.90. The van der Waals surface area contributed by atoms with Gasteiger partial charge in [-0.05, 0) is 18.2 Å². The lowest BCUT2D eigenvalue weighted by Gasteiger charge is -2.14. The minimum absolute atomic E-state index is 0.152. The Bertz CT molecular complexity index is 851. The highest BCUT2D eigenvalue weighted by atomic mass is 35.5. The number of carbonyl (C=O) groups is 2. The monoisotopic (exact) mass is 411 g/mol. The summed E-state index contributed by atoms with van der Waals surface area (Å²) in [6.07, 6.45) is -3.64. The molecule has 2 rings (SSSR count). The van der Waals surface area contributed by atoms with Crippen LogP contribution in [0.1, 0.15) is 12.0 Å². The van der Waals surface area contributed by atoms with E-state index in [9.17, 15) is 31.2 Å². The number of carbonyl (C=O) groups excluding carboxylic acids is 2. The number of allylic oxidation sites excluding steroid dienone is 1. The molecule has 1 aromatic carbocycles. The lowest BCUT2D eigenvalue weighted by atomic mass is 10.1. The molecule has 0 aromatic heterocycles. The Morgan fingerprint density at radius 2 is 2.00 bits per heavy atom. The first-order valence-corrected chi connectivity index (χ1v) is 9.29. The molecule has 1 unspecified atom stereocenters. The number of hydrogen-bond acceptors (Lipinski definition) is 5. The van der Waals surface area contributed by atoms with Crippen molar-refractivity contribution in [3.8, 4) is 0 Å². The third kappa shape index (κ3) is 5.73. The van der Waals surface area contributed by atoms with Gasteiger partial charge >= 0.3 is 12.1 Å². The van der Waals surface area contributed by atoms with E-state index in [0.717, 1.165) is 11.5 Å². The van der Waals surface area contributed by atoms with Gasteiger partial charge in [0.15, 0.2) is 16.4 Å². The van der Waals surface area contributed by atoms with Crippen LogP contribution in [0.4, 0.5) is 18.9 Å². The molecule has 1 aliphatic heterocycles. The summed E-state index contributed by atoms with van der Waals surface area (Å²) in [5.41, 5.74) is -1.65. The number of rotatable bonds is 5. The van der Waals surface area contributed by atoms with Gasteiger partial charge in [-0.2, -0.15) is 13.2 Å². The minimum Gasteiger partial charge on any atom is -0.456 e. The fourth-order valence-electron chi connectivity index (χ4n) is 2.23. The van der Waals surface area contributed by atoms with Gasteiger partial charge in [0.1, 0.15) is 0 Å². The quantitative estimate of drug-likeness (QED) is 0.752. The third-order valence-corrected chi connectivity index (χ3v) is 5.06. The summed E-state index contributed by atoms with van der Waals surface area (Å²) in [5.74, 6) is -2.59. The van der Waals surface area contributed by atoms with Gasteiger partial charge in [-0.25, -0.2) is 8.42 Å². The molecule has 11 heteroatoms. The summed E-state index contributed by atoms with van der Waals surface area (Å²) < 4.78 is 65.9. The Labute approximate surface area is 151 Å². The molecule has 1 heterocycles. The van der Waals surface area contributed by atoms with Crippen molar-refractivity contribution in [3.05, 3.63) is 40.3 Å². The molecular formula is C15H13ClF3NO5S. The van der Waals surface area contributed by atoms with E-state index in [-0.39, 0.29) is 17.2 Å². The molecule has 1 atom stereocenters. The number of alkyl halides is 3.